The van der Waals surface area contributed by atoms with Gasteiger partial charge in [0.25, 0.3) is 5.91 Å². The van der Waals surface area contributed by atoms with Gasteiger partial charge in [-0.3, -0.25) is 19.9 Å². The summed E-state index contributed by atoms with van der Waals surface area (Å²) >= 11 is 0. The van der Waals surface area contributed by atoms with Gasteiger partial charge in [-0.2, -0.15) is 0 Å². The van der Waals surface area contributed by atoms with Gasteiger partial charge in [0.15, 0.2) is 0 Å². The number of ether oxygens (including phenoxy) is 1. The van der Waals surface area contributed by atoms with Crippen molar-refractivity contribution in [2.45, 2.75) is 51.7 Å². The molecule has 1 aliphatic rings. The highest BCUT2D eigenvalue weighted by atomic mass is 16.6. The molecule has 7 heteroatoms. The van der Waals surface area contributed by atoms with Gasteiger partial charge in [-0.15, -0.1) is 0 Å². The quantitative estimate of drug-likeness (QED) is 0.648. The van der Waals surface area contributed by atoms with Crippen molar-refractivity contribution in [3.63, 3.8) is 0 Å². The Bertz CT molecular complexity index is 634. The average Bonchev–Trinajstić information content (AvgIpc) is 2.71. The molecular formula is C16H21N3O4. The van der Waals surface area contributed by atoms with E-state index in [-0.39, 0.29) is 12.8 Å². The van der Waals surface area contributed by atoms with Crippen LogP contribution in [0.3, 0.4) is 0 Å². The van der Waals surface area contributed by atoms with E-state index in [1.54, 1.807) is 32.9 Å². The molecule has 7 nitrogen and oxygen atoms in total. The molecule has 1 atom stereocenters. The second-order valence-corrected chi connectivity index (χ2v) is 6.59. The largest absolute Gasteiger partial charge is 0.460 e. The number of amides is 3. The number of aromatic nitrogens is 1. The monoisotopic (exact) mass is 319 g/mol. The molecule has 1 saturated heterocycles. The third-order valence-electron chi connectivity index (χ3n) is 3.47. The molecule has 2 N–H and O–H groups in total. The zero-order chi connectivity index (χ0) is 17.3. The predicted octanol–water partition coefficient (Wildman–Crippen LogP) is 1.55. The van der Waals surface area contributed by atoms with Crippen molar-refractivity contribution in [2.24, 2.45) is 0 Å². The minimum Gasteiger partial charge on any atom is -0.460 e. The van der Waals surface area contributed by atoms with Gasteiger partial charge in [0.1, 0.15) is 11.1 Å². The van der Waals surface area contributed by atoms with E-state index in [0.29, 0.717) is 5.56 Å². The van der Waals surface area contributed by atoms with Crippen molar-refractivity contribution in [2.75, 3.05) is 0 Å². The van der Waals surface area contributed by atoms with Crippen LogP contribution in [0.25, 0.3) is 0 Å². The molecule has 0 bridgehead atoms. The lowest BCUT2D eigenvalue weighted by atomic mass is 9.86. The number of hydrogen-bond donors (Lipinski definition) is 2. The Kier molecular flexibility index (Phi) is 4.40. The van der Waals surface area contributed by atoms with Crippen molar-refractivity contribution in [3.8, 4) is 0 Å². The fourth-order valence-corrected chi connectivity index (χ4v) is 2.42. The summed E-state index contributed by atoms with van der Waals surface area (Å²) in [5.41, 5.74) is -0.568. The van der Waals surface area contributed by atoms with E-state index >= 15 is 0 Å². The first-order valence-electron chi connectivity index (χ1n) is 7.41. The van der Waals surface area contributed by atoms with Crippen LogP contribution in [0.1, 0.15) is 44.9 Å². The fraction of sp³-hybridized carbons (Fsp3) is 0.500. The van der Waals surface area contributed by atoms with Crippen molar-refractivity contribution in [1.29, 1.82) is 0 Å². The summed E-state index contributed by atoms with van der Waals surface area (Å²) in [7, 11) is 0. The van der Waals surface area contributed by atoms with E-state index in [4.69, 9.17) is 4.74 Å². The number of nitrogens with one attached hydrogen (secondary N) is 2. The van der Waals surface area contributed by atoms with Crippen LogP contribution in [0.2, 0.25) is 0 Å². The fourth-order valence-electron chi connectivity index (χ4n) is 2.42. The maximum absolute atomic E-state index is 12.3. The van der Waals surface area contributed by atoms with Crippen molar-refractivity contribution >= 4 is 17.9 Å². The maximum atomic E-state index is 12.3. The highest BCUT2D eigenvalue weighted by molar-refractivity contribution is 6.07. The summed E-state index contributed by atoms with van der Waals surface area (Å²) in [5.74, 6) is -0.914. The van der Waals surface area contributed by atoms with Crippen LogP contribution in [-0.2, 0) is 19.9 Å². The van der Waals surface area contributed by atoms with Crippen LogP contribution in [0, 0.1) is 6.92 Å². The first-order chi connectivity index (χ1) is 10.6. The van der Waals surface area contributed by atoms with Gasteiger partial charge in [0.2, 0.25) is 0 Å². The topological polar surface area (TPSA) is 97.4 Å². The van der Waals surface area contributed by atoms with Gasteiger partial charge < -0.3 is 10.1 Å². The zero-order valence-electron chi connectivity index (χ0n) is 13.7. The minimum atomic E-state index is -1.30. The number of esters is 1. The number of imide groups is 1. The number of pyridine rings is 1. The Morgan fingerprint density at radius 2 is 2.00 bits per heavy atom. The number of hydrogen-bond acceptors (Lipinski definition) is 5. The number of aryl methyl sites for hydroxylation is 1. The minimum absolute atomic E-state index is 0.00114. The molecule has 0 spiro atoms. The summed E-state index contributed by atoms with van der Waals surface area (Å²) < 4.78 is 5.26. The second-order valence-electron chi connectivity index (χ2n) is 6.59. The van der Waals surface area contributed by atoms with Gasteiger partial charge in [-0.1, -0.05) is 6.07 Å². The molecule has 3 amide bonds. The molecular weight excluding hydrogens is 298 g/mol. The lowest BCUT2D eigenvalue weighted by Crippen LogP contribution is -2.44. The van der Waals surface area contributed by atoms with Gasteiger partial charge in [0.05, 0.1) is 0 Å². The zero-order valence-corrected chi connectivity index (χ0v) is 13.7. The Morgan fingerprint density at radius 1 is 1.30 bits per heavy atom. The van der Waals surface area contributed by atoms with Crippen molar-refractivity contribution < 1.29 is 19.1 Å². The maximum Gasteiger partial charge on any atom is 0.322 e. The van der Waals surface area contributed by atoms with E-state index in [1.165, 1.54) is 6.20 Å². The van der Waals surface area contributed by atoms with Crippen LogP contribution >= 0.6 is 0 Å². The van der Waals surface area contributed by atoms with Gasteiger partial charge in [-0.25, -0.2) is 4.79 Å². The highest BCUT2D eigenvalue weighted by Gasteiger charge is 2.48. The molecule has 0 aliphatic carbocycles. The molecule has 0 radical (unpaired) electrons. The van der Waals surface area contributed by atoms with Crippen LogP contribution < -0.4 is 10.6 Å². The van der Waals surface area contributed by atoms with Gasteiger partial charge in [-0.05, 0) is 40.2 Å². The molecule has 23 heavy (non-hydrogen) atoms. The normalized spacial score (nSPS) is 20.9. The van der Waals surface area contributed by atoms with Gasteiger partial charge in [0, 0.05) is 23.9 Å². The molecule has 0 saturated carbocycles. The Balaban J connectivity index is 2.22. The van der Waals surface area contributed by atoms with E-state index in [0.717, 1.165) is 5.69 Å². The molecule has 2 heterocycles. The molecule has 2 rings (SSSR count). The van der Waals surface area contributed by atoms with Crippen molar-refractivity contribution in [3.05, 3.63) is 29.6 Å². The van der Waals surface area contributed by atoms with E-state index in [1.807, 2.05) is 6.92 Å². The van der Waals surface area contributed by atoms with Crippen LogP contribution in [0.4, 0.5) is 4.79 Å². The van der Waals surface area contributed by atoms with Gasteiger partial charge >= 0.3 is 12.0 Å². The number of rotatable bonds is 4. The molecule has 1 aromatic rings. The molecule has 1 fully saturated rings. The number of carbonyl (C=O) groups excluding carboxylic acids is 3. The number of urea groups is 1. The van der Waals surface area contributed by atoms with E-state index in [9.17, 15) is 14.4 Å². The SMILES string of the molecule is Cc1ccc(C2(CCC(=O)OC(C)(C)C)NC(=O)NC2=O)cn1. The van der Waals surface area contributed by atoms with Crippen LogP contribution in [0.5, 0.6) is 0 Å². The Hall–Kier alpha value is -2.44. The molecule has 124 valence electrons. The lowest BCUT2D eigenvalue weighted by Gasteiger charge is -2.27. The lowest BCUT2D eigenvalue weighted by molar-refractivity contribution is -0.155. The molecule has 0 aromatic carbocycles. The first-order valence-corrected chi connectivity index (χ1v) is 7.41. The van der Waals surface area contributed by atoms with E-state index < -0.39 is 29.0 Å². The van der Waals surface area contributed by atoms with Crippen LogP contribution in [0.15, 0.2) is 18.3 Å². The Morgan fingerprint density at radius 3 is 2.48 bits per heavy atom. The first kappa shape index (κ1) is 16.9. The summed E-state index contributed by atoms with van der Waals surface area (Å²) in [4.78, 5) is 40.0. The molecule has 1 unspecified atom stereocenters. The predicted molar refractivity (Wildman–Crippen MR) is 82.4 cm³/mol. The third-order valence-corrected chi connectivity index (χ3v) is 3.47. The second kappa shape index (κ2) is 5.98. The van der Waals surface area contributed by atoms with Crippen molar-refractivity contribution in [1.82, 2.24) is 15.6 Å². The average molecular weight is 319 g/mol. The van der Waals surface area contributed by atoms with E-state index in [2.05, 4.69) is 15.6 Å². The third kappa shape index (κ3) is 3.85. The summed E-state index contributed by atoms with van der Waals surface area (Å²) in [6.07, 6.45) is 1.64. The summed E-state index contributed by atoms with van der Waals surface area (Å²) in [6, 6.07) is 2.89. The summed E-state index contributed by atoms with van der Waals surface area (Å²) in [6.45, 7) is 7.14. The Labute approximate surface area is 134 Å². The standard InChI is InChI=1S/C16H21N3O4/c1-10-5-6-11(9-17-10)16(13(21)18-14(22)19-16)8-7-12(20)23-15(2,3)4/h5-6,9H,7-8H2,1-4H3,(H2,18,19,21,22). The number of nitrogens with zero attached hydrogens (tertiary/aromatic N) is 1. The highest BCUT2D eigenvalue weighted by Crippen LogP contribution is 2.30. The van der Waals surface area contributed by atoms with Crippen LogP contribution in [-0.4, -0.2) is 28.5 Å². The smallest absolute Gasteiger partial charge is 0.322 e. The molecule has 1 aromatic heterocycles. The molecule has 1 aliphatic heterocycles. The summed E-state index contributed by atoms with van der Waals surface area (Å²) in [5, 5.41) is 4.85. The number of carbonyl (C=O) groups is 3.